The standard InChI is InChI=1S/C28H33BrN2O4S/c1-20-11-13-23(14-12-20)31(36(33,34)24-15-16-26(35-5)25(29)17-24)19-27(32)30-21(2)18-28(3,4)22-9-7-6-8-10-22/h6-17,21H,18-19H2,1-5H3,(H,30,32). The average molecular weight is 574 g/mol. The molecule has 1 N–H and O–H groups in total. The van der Waals surface area contributed by atoms with Gasteiger partial charge in [-0.1, -0.05) is 61.9 Å². The van der Waals surface area contributed by atoms with E-state index in [0.29, 0.717) is 22.3 Å². The second-order valence-electron chi connectivity index (χ2n) is 9.57. The number of hydrogen-bond donors (Lipinski definition) is 1. The summed E-state index contributed by atoms with van der Waals surface area (Å²) in [5.41, 5.74) is 2.43. The Balaban J connectivity index is 1.84. The molecule has 192 valence electrons. The van der Waals surface area contributed by atoms with E-state index in [-0.39, 0.29) is 28.8 Å². The summed E-state index contributed by atoms with van der Waals surface area (Å²) < 4.78 is 34.3. The molecule has 0 saturated carbocycles. The maximum Gasteiger partial charge on any atom is 0.264 e. The van der Waals surface area contributed by atoms with Gasteiger partial charge in [-0.15, -0.1) is 0 Å². The number of hydrogen-bond acceptors (Lipinski definition) is 4. The minimum Gasteiger partial charge on any atom is -0.496 e. The van der Waals surface area contributed by atoms with Gasteiger partial charge in [0.1, 0.15) is 12.3 Å². The Morgan fingerprint density at radius 1 is 1.06 bits per heavy atom. The van der Waals surface area contributed by atoms with Crippen molar-refractivity contribution < 1.29 is 17.9 Å². The van der Waals surface area contributed by atoms with E-state index in [1.807, 2.05) is 44.2 Å². The highest BCUT2D eigenvalue weighted by Gasteiger charge is 2.29. The quantitative estimate of drug-likeness (QED) is 0.331. The smallest absolute Gasteiger partial charge is 0.264 e. The summed E-state index contributed by atoms with van der Waals surface area (Å²) in [6.45, 7) is 7.79. The summed E-state index contributed by atoms with van der Waals surface area (Å²) in [6.07, 6.45) is 0.700. The second-order valence-corrected chi connectivity index (χ2v) is 12.3. The van der Waals surface area contributed by atoms with Crippen LogP contribution in [0.5, 0.6) is 5.75 Å². The lowest BCUT2D eigenvalue weighted by molar-refractivity contribution is -0.120. The van der Waals surface area contributed by atoms with E-state index in [0.717, 1.165) is 9.87 Å². The molecule has 0 aliphatic rings. The number of sulfonamides is 1. The Hall–Kier alpha value is -2.84. The Bertz CT molecular complexity index is 1290. The first-order valence-corrected chi connectivity index (χ1v) is 13.9. The van der Waals surface area contributed by atoms with Crippen LogP contribution in [0.4, 0.5) is 5.69 Å². The minimum atomic E-state index is -4.04. The van der Waals surface area contributed by atoms with Crippen LogP contribution in [0.1, 0.15) is 38.3 Å². The van der Waals surface area contributed by atoms with Crippen LogP contribution in [0.15, 0.2) is 82.2 Å². The predicted molar refractivity (Wildman–Crippen MR) is 148 cm³/mol. The highest BCUT2D eigenvalue weighted by Crippen LogP contribution is 2.31. The molecule has 6 nitrogen and oxygen atoms in total. The molecule has 8 heteroatoms. The van der Waals surface area contributed by atoms with Crippen molar-refractivity contribution in [3.8, 4) is 5.75 Å². The average Bonchev–Trinajstić information content (AvgIpc) is 2.83. The number of ether oxygens (including phenoxy) is 1. The van der Waals surface area contributed by atoms with E-state index in [1.165, 1.54) is 24.8 Å². The largest absolute Gasteiger partial charge is 0.496 e. The molecule has 0 saturated heterocycles. The van der Waals surface area contributed by atoms with Crippen LogP contribution in [-0.4, -0.2) is 34.0 Å². The van der Waals surface area contributed by atoms with E-state index in [9.17, 15) is 13.2 Å². The zero-order chi connectivity index (χ0) is 26.5. The van der Waals surface area contributed by atoms with Crippen LogP contribution in [0.3, 0.4) is 0 Å². The molecule has 3 aromatic rings. The van der Waals surface area contributed by atoms with Crippen molar-refractivity contribution in [2.24, 2.45) is 0 Å². The lowest BCUT2D eigenvalue weighted by Crippen LogP contribution is -2.45. The van der Waals surface area contributed by atoms with Crippen LogP contribution < -0.4 is 14.4 Å². The van der Waals surface area contributed by atoms with Crippen molar-refractivity contribution in [1.82, 2.24) is 5.32 Å². The molecule has 0 aromatic heterocycles. The lowest BCUT2D eigenvalue weighted by Gasteiger charge is -2.30. The number of anilines is 1. The van der Waals surface area contributed by atoms with Crippen molar-refractivity contribution in [3.63, 3.8) is 0 Å². The Morgan fingerprint density at radius 2 is 1.69 bits per heavy atom. The van der Waals surface area contributed by atoms with Gasteiger partial charge in [0, 0.05) is 6.04 Å². The molecule has 0 aliphatic carbocycles. The lowest BCUT2D eigenvalue weighted by atomic mass is 9.79. The summed E-state index contributed by atoms with van der Waals surface area (Å²) in [5, 5.41) is 3.00. The van der Waals surface area contributed by atoms with Gasteiger partial charge in [-0.05, 0) is 77.5 Å². The molecule has 0 bridgehead atoms. The van der Waals surface area contributed by atoms with Gasteiger partial charge in [-0.2, -0.15) is 0 Å². The normalized spacial score (nSPS) is 12.6. The van der Waals surface area contributed by atoms with Crippen molar-refractivity contribution in [2.45, 2.75) is 50.5 Å². The predicted octanol–water partition coefficient (Wildman–Crippen LogP) is 5.83. The maximum absolute atomic E-state index is 13.7. The molecule has 1 atom stereocenters. The first-order valence-electron chi connectivity index (χ1n) is 11.7. The van der Waals surface area contributed by atoms with Crippen LogP contribution in [0, 0.1) is 6.92 Å². The highest BCUT2D eigenvalue weighted by molar-refractivity contribution is 9.10. The summed E-state index contributed by atoms with van der Waals surface area (Å²) in [5.74, 6) is 0.145. The maximum atomic E-state index is 13.7. The molecule has 36 heavy (non-hydrogen) atoms. The third-order valence-corrected chi connectivity index (χ3v) is 8.49. The summed E-state index contributed by atoms with van der Waals surface area (Å²) in [6, 6.07) is 21.6. The van der Waals surface area contributed by atoms with E-state index in [2.05, 4.69) is 47.2 Å². The van der Waals surface area contributed by atoms with E-state index < -0.39 is 10.0 Å². The van der Waals surface area contributed by atoms with Crippen molar-refractivity contribution >= 4 is 37.5 Å². The molecule has 3 rings (SSSR count). The van der Waals surface area contributed by atoms with Gasteiger partial charge in [0.25, 0.3) is 10.0 Å². The van der Waals surface area contributed by atoms with Crippen molar-refractivity contribution in [2.75, 3.05) is 18.0 Å². The number of aryl methyl sites for hydroxylation is 1. The zero-order valence-electron chi connectivity index (χ0n) is 21.3. The molecule has 1 unspecified atom stereocenters. The van der Waals surface area contributed by atoms with Gasteiger partial charge in [-0.3, -0.25) is 9.10 Å². The fourth-order valence-electron chi connectivity index (χ4n) is 4.24. The van der Waals surface area contributed by atoms with Gasteiger partial charge >= 0.3 is 0 Å². The monoisotopic (exact) mass is 572 g/mol. The molecule has 3 aromatic carbocycles. The summed E-state index contributed by atoms with van der Waals surface area (Å²) >= 11 is 3.36. The Morgan fingerprint density at radius 3 is 2.28 bits per heavy atom. The van der Waals surface area contributed by atoms with Crippen molar-refractivity contribution in [1.29, 1.82) is 0 Å². The third-order valence-electron chi connectivity index (χ3n) is 6.10. The number of halogens is 1. The number of nitrogens with zero attached hydrogens (tertiary/aromatic N) is 1. The molecule has 0 radical (unpaired) electrons. The fourth-order valence-corrected chi connectivity index (χ4v) is 6.38. The summed E-state index contributed by atoms with van der Waals surface area (Å²) in [4.78, 5) is 13.2. The topological polar surface area (TPSA) is 75.7 Å². The van der Waals surface area contributed by atoms with E-state index in [4.69, 9.17) is 4.74 Å². The second kappa shape index (κ2) is 11.5. The molecule has 0 fully saturated rings. The van der Waals surface area contributed by atoms with Crippen molar-refractivity contribution in [3.05, 3.63) is 88.4 Å². The SMILES string of the molecule is COc1ccc(S(=O)(=O)N(CC(=O)NC(C)CC(C)(C)c2ccccc2)c2ccc(C)cc2)cc1Br. The third kappa shape index (κ3) is 6.68. The summed E-state index contributed by atoms with van der Waals surface area (Å²) in [7, 11) is -2.53. The molecular weight excluding hydrogens is 540 g/mol. The molecular formula is C28H33BrN2O4S. The van der Waals surface area contributed by atoms with Gasteiger partial charge in [0.2, 0.25) is 5.91 Å². The van der Waals surface area contributed by atoms with Crippen LogP contribution in [-0.2, 0) is 20.2 Å². The van der Waals surface area contributed by atoms with E-state index >= 15 is 0 Å². The number of amides is 1. The number of nitrogens with one attached hydrogen (secondary N) is 1. The number of rotatable bonds is 10. The van der Waals surface area contributed by atoms with Crippen LogP contribution in [0.2, 0.25) is 0 Å². The van der Waals surface area contributed by atoms with Gasteiger partial charge in [0.05, 0.1) is 22.2 Å². The van der Waals surface area contributed by atoms with Crippen LogP contribution in [0.25, 0.3) is 0 Å². The highest BCUT2D eigenvalue weighted by atomic mass is 79.9. The molecule has 0 aliphatic heterocycles. The Kier molecular flexibility index (Phi) is 8.84. The number of carbonyl (C=O) groups is 1. The molecule has 0 heterocycles. The minimum absolute atomic E-state index is 0.0572. The van der Waals surface area contributed by atoms with Gasteiger partial charge in [-0.25, -0.2) is 8.42 Å². The van der Waals surface area contributed by atoms with E-state index in [1.54, 1.807) is 18.2 Å². The zero-order valence-corrected chi connectivity index (χ0v) is 23.7. The first kappa shape index (κ1) is 27.7. The number of methoxy groups -OCH3 is 1. The number of carbonyl (C=O) groups excluding carboxylic acids is 1. The molecule has 0 spiro atoms. The Labute approximate surface area is 222 Å². The fraction of sp³-hybridized carbons (Fsp3) is 0.321. The number of benzene rings is 3. The van der Waals surface area contributed by atoms with Gasteiger partial charge in [0.15, 0.2) is 0 Å². The molecule has 1 amide bonds. The first-order chi connectivity index (χ1) is 16.9. The van der Waals surface area contributed by atoms with Gasteiger partial charge < -0.3 is 10.1 Å². The van der Waals surface area contributed by atoms with Crippen LogP contribution >= 0.6 is 15.9 Å².